The van der Waals surface area contributed by atoms with Gasteiger partial charge >= 0.3 is 0 Å². The van der Waals surface area contributed by atoms with Crippen molar-refractivity contribution in [1.29, 1.82) is 0 Å². The quantitative estimate of drug-likeness (QED) is 0.864. The minimum atomic E-state index is -0.103. The fourth-order valence-corrected chi connectivity index (χ4v) is 3.26. The number of anilines is 1. The lowest BCUT2D eigenvalue weighted by Gasteiger charge is -2.06. The molecule has 0 aliphatic carbocycles. The van der Waals surface area contributed by atoms with E-state index in [4.69, 9.17) is 4.74 Å². The van der Waals surface area contributed by atoms with Gasteiger partial charge < -0.3 is 10.1 Å². The standard InChI is InChI=1S/C17H22N2O2S/c1-5-21-14-8-6-13(7-9-14)19-17(20)16-12(4)18-15(22-16)10-11(2)3/h6-9,11H,5,10H2,1-4H3,(H,19,20). The van der Waals surface area contributed by atoms with Gasteiger partial charge in [0.15, 0.2) is 0 Å². The van der Waals surface area contributed by atoms with Crippen LogP contribution in [0.15, 0.2) is 24.3 Å². The maximum absolute atomic E-state index is 12.4. The van der Waals surface area contributed by atoms with E-state index in [2.05, 4.69) is 24.1 Å². The number of aromatic nitrogens is 1. The zero-order chi connectivity index (χ0) is 16.1. The van der Waals surface area contributed by atoms with E-state index < -0.39 is 0 Å². The summed E-state index contributed by atoms with van der Waals surface area (Å²) in [6.45, 7) is 8.75. The maximum Gasteiger partial charge on any atom is 0.267 e. The molecule has 118 valence electrons. The van der Waals surface area contributed by atoms with Crippen LogP contribution in [0, 0.1) is 12.8 Å². The molecular formula is C17H22N2O2S. The molecule has 0 saturated carbocycles. The molecule has 1 aromatic carbocycles. The number of nitrogens with one attached hydrogen (secondary N) is 1. The highest BCUT2D eigenvalue weighted by Gasteiger charge is 2.16. The third-order valence-corrected chi connectivity index (χ3v) is 4.23. The Morgan fingerprint density at radius 2 is 2.00 bits per heavy atom. The van der Waals surface area contributed by atoms with Crippen molar-refractivity contribution < 1.29 is 9.53 Å². The second kappa shape index (κ2) is 7.40. The Balaban J connectivity index is 2.06. The van der Waals surface area contributed by atoms with Crippen LogP contribution in [0.2, 0.25) is 0 Å². The molecule has 1 N–H and O–H groups in total. The number of carbonyl (C=O) groups excluding carboxylic acids is 1. The number of benzene rings is 1. The fraction of sp³-hybridized carbons (Fsp3) is 0.412. The van der Waals surface area contributed by atoms with E-state index in [1.54, 1.807) is 0 Å². The lowest BCUT2D eigenvalue weighted by Crippen LogP contribution is -2.11. The third-order valence-electron chi connectivity index (χ3n) is 3.05. The Labute approximate surface area is 135 Å². The van der Waals surface area contributed by atoms with Crippen LogP contribution in [0.3, 0.4) is 0 Å². The van der Waals surface area contributed by atoms with Crippen LogP contribution in [0.1, 0.15) is 41.1 Å². The molecule has 0 saturated heterocycles. The van der Waals surface area contributed by atoms with Crippen molar-refractivity contribution in [3.05, 3.63) is 39.8 Å². The van der Waals surface area contributed by atoms with Crippen molar-refractivity contribution >= 4 is 22.9 Å². The number of rotatable bonds is 6. The van der Waals surface area contributed by atoms with E-state index in [-0.39, 0.29) is 5.91 Å². The minimum Gasteiger partial charge on any atom is -0.494 e. The molecule has 4 nitrogen and oxygen atoms in total. The summed E-state index contributed by atoms with van der Waals surface area (Å²) in [6.07, 6.45) is 0.905. The summed E-state index contributed by atoms with van der Waals surface area (Å²) >= 11 is 1.48. The first-order valence-electron chi connectivity index (χ1n) is 7.50. The summed E-state index contributed by atoms with van der Waals surface area (Å²) in [7, 11) is 0. The molecule has 22 heavy (non-hydrogen) atoms. The summed E-state index contributed by atoms with van der Waals surface area (Å²) in [5.41, 5.74) is 1.55. The topological polar surface area (TPSA) is 51.2 Å². The van der Waals surface area contributed by atoms with Crippen LogP contribution in [-0.2, 0) is 6.42 Å². The lowest BCUT2D eigenvalue weighted by atomic mass is 10.1. The smallest absolute Gasteiger partial charge is 0.267 e. The predicted octanol–water partition coefficient (Wildman–Crippen LogP) is 4.30. The molecule has 1 amide bonds. The molecule has 0 unspecified atom stereocenters. The van der Waals surface area contributed by atoms with Gasteiger partial charge in [0.25, 0.3) is 5.91 Å². The summed E-state index contributed by atoms with van der Waals surface area (Å²) in [6, 6.07) is 7.38. The van der Waals surface area contributed by atoms with Crippen LogP contribution < -0.4 is 10.1 Å². The molecule has 1 aromatic heterocycles. The second-order valence-corrected chi connectivity index (χ2v) is 6.62. The summed E-state index contributed by atoms with van der Waals surface area (Å²) in [5, 5.41) is 3.93. The van der Waals surface area contributed by atoms with Crippen molar-refractivity contribution in [3.8, 4) is 5.75 Å². The second-order valence-electron chi connectivity index (χ2n) is 5.53. The van der Waals surface area contributed by atoms with Crippen LogP contribution in [0.4, 0.5) is 5.69 Å². The number of hydrogen-bond donors (Lipinski definition) is 1. The van der Waals surface area contributed by atoms with Gasteiger partial charge in [0.05, 0.1) is 17.3 Å². The number of amides is 1. The Morgan fingerprint density at radius 1 is 1.32 bits per heavy atom. The van der Waals surface area contributed by atoms with Gasteiger partial charge in [0.2, 0.25) is 0 Å². The molecule has 0 fully saturated rings. The average molecular weight is 318 g/mol. The van der Waals surface area contributed by atoms with Gasteiger partial charge in [-0.05, 0) is 44.0 Å². The van der Waals surface area contributed by atoms with E-state index in [1.165, 1.54) is 11.3 Å². The van der Waals surface area contributed by atoms with Gasteiger partial charge in [-0.25, -0.2) is 4.98 Å². The van der Waals surface area contributed by atoms with Gasteiger partial charge in [0, 0.05) is 12.1 Å². The Hall–Kier alpha value is -1.88. The Morgan fingerprint density at radius 3 is 2.59 bits per heavy atom. The summed E-state index contributed by atoms with van der Waals surface area (Å²) in [4.78, 5) is 17.5. The largest absolute Gasteiger partial charge is 0.494 e. The van der Waals surface area contributed by atoms with Crippen molar-refractivity contribution in [2.24, 2.45) is 5.92 Å². The van der Waals surface area contributed by atoms with Crippen molar-refractivity contribution in [3.63, 3.8) is 0 Å². The van der Waals surface area contributed by atoms with Crippen LogP contribution >= 0.6 is 11.3 Å². The number of thiazole rings is 1. The zero-order valence-electron chi connectivity index (χ0n) is 13.5. The molecule has 0 aliphatic rings. The minimum absolute atomic E-state index is 0.103. The predicted molar refractivity (Wildman–Crippen MR) is 91.0 cm³/mol. The number of hydrogen-bond acceptors (Lipinski definition) is 4. The number of ether oxygens (including phenoxy) is 1. The summed E-state index contributed by atoms with van der Waals surface area (Å²) < 4.78 is 5.39. The fourth-order valence-electron chi connectivity index (χ4n) is 2.09. The highest BCUT2D eigenvalue weighted by molar-refractivity contribution is 7.13. The van der Waals surface area contributed by atoms with Crippen molar-refractivity contribution in [2.75, 3.05) is 11.9 Å². The van der Waals surface area contributed by atoms with Gasteiger partial charge in [-0.3, -0.25) is 4.79 Å². The molecule has 0 atom stereocenters. The van der Waals surface area contributed by atoms with E-state index >= 15 is 0 Å². The third kappa shape index (κ3) is 4.31. The van der Waals surface area contributed by atoms with E-state index in [9.17, 15) is 4.79 Å². The molecule has 0 radical (unpaired) electrons. The Kier molecular flexibility index (Phi) is 5.55. The maximum atomic E-state index is 12.4. The highest BCUT2D eigenvalue weighted by atomic mass is 32.1. The molecule has 0 spiro atoms. The van der Waals surface area contributed by atoms with Crippen LogP contribution in [0.5, 0.6) is 5.75 Å². The first-order valence-corrected chi connectivity index (χ1v) is 8.31. The van der Waals surface area contributed by atoms with E-state index in [0.29, 0.717) is 17.4 Å². The van der Waals surface area contributed by atoms with Crippen LogP contribution in [-0.4, -0.2) is 17.5 Å². The van der Waals surface area contributed by atoms with E-state index in [1.807, 2.05) is 38.1 Å². The molecule has 0 aliphatic heterocycles. The van der Waals surface area contributed by atoms with Crippen molar-refractivity contribution in [2.45, 2.75) is 34.1 Å². The number of nitrogens with zero attached hydrogens (tertiary/aromatic N) is 1. The first kappa shape index (κ1) is 16.5. The number of aryl methyl sites for hydroxylation is 1. The first-order chi connectivity index (χ1) is 10.5. The Bertz CT molecular complexity index is 633. The lowest BCUT2D eigenvalue weighted by molar-refractivity contribution is 0.103. The van der Waals surface area contributed by atoms with Gasteiger partial charge in [-0.1, -0.05) is 13.8 Å². The average Bonchev–Trinajstić information content (AvgIpc) is 2.81. The van der Waals surface area contributed by atoms with Crippen LogP contribution in [0.25, 0.3) is 0 Å². The molecule has 2 rings (SSSR count). The molecule has 5 heteroatoms. The van der Waals surface area contributed by atoms with Gasteiger partial charge in [0.1, 0.15) is 10.6 Å². The highest BCUT2D eigenvalue weighted by Crippen LogP contribution is 2.23. The monoisotopic (exact) mass is 318 g/mol. The normalized spacial score (nSPS) is 10.8. The molecule has 1 heterocycles. The molecule has 2 aromatic rings. The van der Waals surface area contributed by atoms with Gasteiger partial charge in [-0.15, -0.1) is 11.3 Å². The zero-order valence-corrected chi connectivity index (χ0v) is 14.3. The number of carbonyl (C=O) groups is 1. The van der Waals surface area contributed by atoms with Crippen molar-refractivity contribution in [1.82, 2.24) is 4.98 Å². The molecular weight excluding hydrogens is 296 g/mol. The SMILES string of the molecule is CCOc1ccc(NC(=O)c2sc(CC(C)C)nc2C)cc1. The summed E-state index contributed by atoms with van der Waals surface area (Å²) in [5.74, 6) is 1.23. The van der Waals surface area contributed by atoms with Gasteiger partial charge in [-0.2, -0.15) is 0 Å². The molecule has 0 bridgehead atoms. The van der Waals surface area contributed by atoms with E-state index in [0.717, 1.165) is 28.6 Å².